The highest BCUT2D eigenvalue weighted by molar-refractivity contribution is 7.09. The van der Waals surface area contributed by atoms with Crippen molar-refractivity contribution in [3.05, 3.63) is 80.4 Å². The number of halogens is 1. The van der Waals surface area contributed by atoms with E-state index in [2.05, 4.69) is 9.88 Å². The van der Waals surface area contributed by atoms with Crippen molar-refractivity contribution in [3.63, 3.8) is 0 Å². The third-order valence-electron chi connectivity index (χ3n) is 5.01. The van der Waals surface area contributed by atoms with E-state index in [1.165, 1.54) is 30.3 Å². The van der Waals surface area contributed by atoms with Crippen LogP contribution in [0.1, 0.15) is 15.4 Å². The van der Waals surface area contributed by atoms with Gasteiger partial charge in [-0.05, 0) is 30.3 Å². The number of hydrogen-bond donors (Lipinski definition) is 0. The van der Waals surface area contributed by atoms with Crippen molar-refractivity contribution < 1.29 is 14.1 Å². The molecule has 7 nitrogen and oxygen atoms in total. The van der Waals surface area contributed by atoms with Gasteiger partial charge in [-0.3, -0.25) is 19.8 Å². The summed E-state index contributed by atoms with van der Waals surface area (Å²) in [4.78, 5) is 31.7. The second kappa shape index (κ2) is 8.68. The molecule has 2 heterocycles. The first-order valence-electron chi connectivity index (χ1n) is 9.46. The lowest BCUT2D eigenvalue weighted by molar-refractivity contribution is -0.384. The van der Waals surface area contributed by atoms with Crippen LogP contribution < -0.4 is 0 Å². The van der Waals surface area contributed by atoms with Gasteiger partial charge in [0.05, 0.1) is 17.2 Å². The highest BCUT2D eigenvalue weighted by atomic mass is 32.1. The fraction of sp³-hybridized carbons (Fsp3) is 0.238. The molecule has 154 valence electrons. The zero-order valence-electron chi connectivity index (χ0n) is 16.0. The molecule has 9 heteroatoms. The molecule has 1 fully saturated rings. The summed E-state index contributed by atoms with van der Waals surface area (Å²) in [5, 5.41) is 13.9. The Morgan fingerprint density at radius 1 is 1.13 bits per heavy atom. The van der Waals surface area contributed by atoms with Crippen molar-refractivity contribution in [3.8, 4) is 11.3 Å². The average Bonchev–Trinajstić information content (AvgIpc) is 3.23. The van der Waals surface area contributed by atoms with E-state index >= 15 is 0 Å². The summed E-state index contributed by atoms with van der Waals surface area (Å²) in [5.41, 5.74) is 1.96. The molecule has 0 bridgehead atoms. The molecule has 0 unspecified atom stereocenters. The number of piperazine rings is 1. The number of hydrogen-bond acceptors (Lipinski definition) is 6. The Balaban J connectivity index is 1.34. The maximum Gasteiger partial charge on any atom is 0.270 e. The van der Waals surface area contributed by atoms with E-state index in [0.29, 0.717) is 38.3 Å². The van der Waals surface area contributed by atoms with E-state index in [9.17, 15) is 19.3 Å². The third kappa shape index (κ3) is 4.52. The summed E-state index contributed by atoms with van der Waals surface area (Å²) in [6.07, 6.45) is 0. The molecule has 3 aromatic rings. The number of nitro benzene ring substituents is 1. The zero-order chi connectivity index (χ0) is 21.1. The van der Waals surface area contributed by atoms with E-state index in [-0.39, 0.29) is 17.4 Å². The lowest BCUT2D eigenvalue weighted by atomic mass is 10.1. The monoisotopic (exact) mass is 426 g/mol. The van der Waals surface area contributed by atoms with Crippen molar-refractivity contribution >= 4 is 22.9 Å². The third-order valence-corrected chi connectivity index (χ3v) is 5.85. The largest absolute Gasteiger partial charge is 0.336 e. The van der Waals surface area contributed by atoms with E-state index in [4.69, 9.17) is 0 Å². The Kier molecular flexibility index (Phi) is 5.82. The Bertz CT molecular complexity index is 1060. The molecule has 0 aliphatic carbocycles. The Morgan fingerprint density at radius 3 is 2.57 bits per heavy atom. The van der Waals surface area contributed by atoms with Crippen molar-refractivity contribution in [1.29, 1.82) is 0 Å². The van der Waals surface area contributed by atoms with Crippen LogP contribution in [0, 0.1) is 15.9 Å². The number of carbonyl (C=O) groups excluding carboxylic acids is 1. The quantitative estimate of drug-likeness (QED) is 0.458. The smallest absolute Gasteiger partial charge is 0.270 e. The number of non-ortho nitro benzene ring substituents is 1. The Labute approximate surface area is 176 Å². The van der Waals surface area contributed by atoms with Gasteiger partial charge in [0.15, 0.2) is 0 Å². The topological polar surface area (TPSA) is 79.6 Å². The number of aromatic nitrogens is 1. The number of nitrogens with zero attached hydrogens (tertiary/aromatic N) is 4. The van der Waals surface area contributed by atoms with Gasteiger partial charge in [0, 0.05) is 54.8 Å². The molecule has 1 saturated heterocycles. The molecular weight excluding hydrogens is 407 g/mol. The first-order chi connectivity index (χ1) is 14.5. The minimum absolute atomic E-state index is 0.0831. The highest BCUT2D eigenvalue weighted by Gasteiger charge is 2.24. The van der Waals surface area contributed by atoms with Crippen LogP contribution in [0.4, 0.5) is 10.1 Å². The van der Waals surface area contributed by atoms with E-state index < -0.39 is 4.92 Å². The van der Waals surface area contributed by atoms with Crippen LogP contribution in [0.15, 0.2) is 53.9 Å². The number of thiazole rings is 1. The highest BCUT2D eigenvalue weighted by Crippen LogP contribution is 2.23. The summed E-state index contributed by atoms with van der Waals surface area (Å²) >= 11 is 1.56. The minimum atomic E-state index is -0.497. The van der Waals surface area contributed by atoms with Gasteiger partial charge in [-0.1, -0.05) is 6.07 Å². The van der Waals surface area contributed by atoms with Crippen molar-refractivity contribution in [2.45, 2.75) is 6.54 Å². The Morgan fingerprint density at radius 2 is 1.87 bits per heavy atom. The maximum absolute atomic E-state index is 13.1. The fourth-order valence-electron chi connectivity index (χ4n) is 3.37. The maximum atomic E-state index is 13.1. The molecule has 0 radical (unpaired) electrons. The van der Waals surface area contributed by atoms with Crippen LogP contribution in [-0.2, 0) is 6.54 Å². The molecule has 4 rings (SSSR count). The van der Waals surface area contributed by atoms with Gasteiger partial charge in [-0.2, -0.15) is 0 Å². The summed E-state index contributed by atoms with van der Waals surface area (Å²) < 4.78 is 13.1. The van der Waals surface area contributed by atoms with Crippen LogP contribution in [0.5, 0.6) is 0 Å². The predicted molar refractivity (Wildman–Crippen MR) is 112 cm³/mol. The fourth-order valence-corrected chi connectivity index (χ4v) is 4.22. The molecule has 1 amide bonds. The Hall–Kier alpha value is -3.17. The predicted octanol–water partition coefficient (Wildman–Crippen LogP) is 3.82. The van der Waals surface area contributed by atoms with E-state index in [0.717, 1.165) is 16.3 Å². The van der Waals surface area contributed by atoms with Crippen LogP contribution in [0.25, 0.3) is 11.3 Å². The summed E-state index contributed by atoms with van der Waals surface area (Å²) in [5.74, 6) is -0.460. The lowest BCUT2D eigenvalue weighted by Gasteiger charge is -2.34. The molecule has 0 saturated carbocycles. The number of amides is 1. The molecule has 30 heavy (non-hydrogen) atoms. The van der Waals surface area contributed by atoms with Gasteiger partial charge in [-0.25, -0.2) is 9.37 Å². The summed E-state index contributed by atoms with van der Waals surface area (Å²) in [7, 11) is 0. The van der Waals surface area contributed by atoms with Gasteiger partial charge in [0.25, 0.3) is 11.6 Å². The van der Waals surface area contributed by atoms with Crippen LogP contribution in [0.2, 0.25) is 0 Å². The number of carbonyl (C=O) groups is 1. The standard InChI is InChI=1S/C21H19FN4O3S/c22-17-6-4-15(5-7-17)19-14-30-20(23-19)13-24-8-10-25(11-9-24)21(27)16-2-1-3-18(12-16)26(28)29/h1-7,12,14H,8-11,13H2. The molecule has 1 aliphatic rings. The molecular formula is C21H19FN4O3S. The average molecular weight is 426 g/mol. The van der Waals surface area contributed by atoms with Gasteiger partial charge >= 0.3 is 0 Å². The first-order valence-corrected chi connectivity index (χ1v) is 10.3. The second-order valence-corrected chi connectivity index (χ2v) is 7.95. The minimum Gasteiger partial charge on any atom is -0.336 e. The SMILES string of the molecule is O=C(c1cccc([N+](=O)[O-])c1)N1CCN(Cc2nc(-c3ccc(F)cc3)cs2)CC1. The van der Waals surface area contributed by atoms with Crippen LogP contribution in [0.3, 0.4) is 0 Å². The van der Waals surface area contributed by atoms with Crippen LogP contribution >= 0.6 is 11.3 Å². The number of benzene rings is 2. The van der Waals surface area contributed by atoms with Crippen molar-refractivity contribution in [1.82, 2.24) is 14.8 Å². The zero-order valence-corrected chi connectivity index (χ0v) is 16.8. The molecule has 1 aromatic heterocycles. The second-order valence-electron chi connectivity index (χ2n) is 7.01. The molecule has 2 aromatic carbocycles. The summed E-state index contributed by atoms with van der Waals surface area (Å²) in [6.45, 7) is 3.19. The van der Waals surface area contributed by atoms with Gasteiger partial charge in [0.1, 0.15) is 10.8 Å². The van der Waals surface area contributed by atoms with Gasteiger partial charge in [0.2, 0.25) is 0 Å². The number of rotatable bonds is 5. The lowest BCUT2D eigenvalue weighted by Crippen LogP contribution is -2.48. The van der Waals surface area contributed by atoms with Crippen LogP contribution in [-0.4, -0.2) is 51.8 Å². The van der Waals surface area contributed by atoms with Gasteiger partial charge in [-0.15, -0.1) is 11.3 Å². The number of nitro groups is 1. The summed E-state index contributed by atoms with van der Waals surface area (Å²) in [6, 6.07) is 12.1. The normalized spacial score (nSPS) is 14.6. The van der Waals surface area contributed by atoms with Crippen molar-refractivity contribution in [2.75, 3.05) is 26.2 Å². The molecule has 0 atom stereocenters. The van der Waals surface area contributed by atoms with Crippen molar-refractivity contribution in [2.24, 2.45) is 0 Å². The van der Waals surface area contributed by atoms with E-state index in [1.807, 2.05) is 5.38 Å². The first kappa shape index (κ1) is 20.1. The van der Waals surface area contributed by atoms with E-state index in [1.54, 1.807) is 34.4 Å². The molecule has 0 N–H and O–H groups in total. The molecule has 0 spiro atoms. The van der Waals surface area contributed by atoms with Gasteiger partial charge < -0.3 is 4.90 Å². The molecule has 1 aliphatic heterocycles.